The summed E-state index contributed by atoms with van der Waals surface area (Å²) >= 11 is 0. The molecule has 0 fully saturated rings. The van der Waals surface area contributed by atoms with Gasteiger partial charge < -0.3 is 15.4 Å². The summed E-state index contributed by atoms with van der Waals surface area (Å²) in [5.74, 6) is 0.141. The second-order valence-electron chi connectivity index (χ2n) is 7.36. The van der Waals surface area contributed by atoms with E-state index in [4.69, 9.17) is 4.74 Å². The van der Waals surface area contributed by atoms with Gasteiger partial charge in [0.25, 0.3) is 11.8 Å². The number of carbonyl (C=O) groups excluding carboxylic acids is 2. The Morgan fingerprint density at radius 2 is 1.68 bits per heavy atom. The molecule has 0 saturated heterocycles. The van der Waals surface area contributed by atoms with Crippen LogP contribution in [0, 0.1) is 6.92 Å². The highest BCUT2D eigenvalue weighted by atomic mass is 16.5. The SMILES string of the molecule is CC[C@@H](Oc1cccc(C)c1)C(=O)Nc1ccccc1C(=O)NCCc1ccccc1. The molecular weight excluding hydrogens is 388 g/mol. The third-order valence-electron chi connectivity index (χ3n) is 4.90. The zero-order valence-electron chi connectivity index (χ0n) is 17.9. The molecule has 0 heterocycles. The molecule has 5 heteroatoms. The minimum Gasteiger partial charge on any atom is -0.481 e. The van der Waals surface area contributed by atoms with Gasteiger partial charge >= 0.3 is 0 Å². The second-order valence-corrected chi connectivity index (χ2v) is 7.36. The zero-order valence-corrected chi connectivity index (χ0v) is 17.9. The van der Waals surface area contributed by atoms with Crippen LogP contribution in [0.1, 0.15) is 34.8 Å². The number of rotatable bonds is 9. The Bertz CT molecular complexity index is 1020. The molecule has 0 bridgehead atoms. The standard InChI is InChI=1S/C26H28N2O3/c1-3-24(31-21-13-9-10-19(2)18-21)26(30)28-23-15-8-7-14-22(23)25(29)27-17-16-20-11-5-4-6-12-20/h4-15,18,24H,3,16-17H2,1-2H3,(H,27,29)(H,28,30)/t24-/m1/s1. The Labute approximate surface area is 183 Å². The number of para-hydroxylation sites is 1. The molecule has 0 spiro atoms. The summed E-state index contributed by atoms with van der Waals surface area (Å²) in [4.78, 5) is 25.6. The molecule has 31 heavy (non-hydrogen) atoms. The van der Waals surface area contributed by atoms with Crippen molar-refractivity contribution in [1.82, 2.24) is 5.32 Å². The molecule has 3 rings (SSSR count). The second kappa shape index (κ2) is 11.0. The van der Waals surface area contributed by atoms with Crippen molar-refractivity contribution >= 4 is 17.5 Å². The first kappa shape index (κ1) is 22.1. The molecule has 3 aromatic carbocycles. The quantitative estimate of drug-likeness (QED) is 0.528. The number of amides is 2. The highest BCUT2D eigenvalue weighted by Crippen LogP contribution is 2.19. The Kier molecular flexibility index (Phi) is 7.82. The maximum absolute atomic E-state index is 12.8. The van der Waals surface area contributed by atoms with E-state index >= 15 is 0 Å². The number of anilines is 1. The van der Waals surface area contributed by atoms with E-state index in [1.807, 2.05) is 68.4 Å². The number of ether oxygens (including phenoxy) is 1. The van der Waals surface area contributed by atoms with Crippen LogP contribution in [0.5, 0.6) is 5.75 Å². The van der Waals surface area contributed by atoms with Gasteiger partial charge in [0.15, 0.2) is 6.10 Å². The number of hydrogen-bond donors (Lipinski definition) is 2. The van der Waals surface area contributed by atoms with Crippen LogP contribution in [0.25, 0.3) is 0 Å². The van der Waals surface area contributed by atoms with Crippen molar-refractivity contribution in [3.63, 3.8) is 0 Å². The molecule has 3 aromatic rings. The van der Waals surface area contributed by atoms with Gasteiger partial charge in [0, 0.05) is 6.54 Å². The normalized spacial score (nSPS) is 11.4. The predicted molar refractivity (Wildman–Crippen MR) is 123 cm³/mol. The van der Waals surface area contributed by atoms with Crippen molar-refractivity contribution in [3.05, 3.63) is 95.6 Å². The van der Waals surface area contributed by atoms with Gasteiger partial charge in [0.1, 0.15) is 5.75 Å². The van der Waals surface area contributed by atoms with Gasteiger partial charge in [-0.2, -0.15) is 0 Å². The van der Waals surface area contributed by atoms with Gasteiger partial charge in [0.05, 0.1) is 11.3 Å². The van der Waals surface area contributed by atoms with E-state index in [9.17, 15) is 9.59 Å². The van der Waals surface area contributed by atoms with E-state index in [-0.39, 0.29) is 11.8 Å². The lowest BCUT2D eigenvalue weighted by molar-refractivity contribution is -0.122. The van der Waals surface area contributed by atoms with Gasteiger partial charge in [-0.1, -0.05) is 61.5 Å². The first-order valence-corrected chi connectivity index (χ1v) is 10.5. The topological polar surface area (TPSA) is 67.4 Å². The number of benzene rings is 3. The average Bonchev–Trinajstić information content (AvgIpc) is 2.78. The average molecular weight is 417 g/mol. The minimum absolute atomic E-state index is 0.223. The highest BCUT2D eigenvalue weighted by Gasteiger charge is 2.21. The van der Waals surface area contributed by atoms with Crippen LogP contribution in [-0.4, -0.2) is 24.5 Å². The van der Waals surface area contributed by atoms with Gasteiger partial charge in [-0.15, -0.1) is 0 Å². The van der Waals surface area contributed by atoms with Crippen molar-refractivity contribution in [2.75, 3.05) is 11.9 Å². The Morgan fingerprint density at radius 3 is 2.42 bits per heavy atom. The molecular formula is C26H28N2O3. The lowest BCUT2D eigenvalue weighted by atomic mass is 10.1. The van der Waals surface area contributed by atoms with E-state index in [0.29, 0.717) is 30.0 Å². The summed E-state index contributed by atoms with van der Waals surface area (Å²) in [6.07, 6.45) is 0.588. The fourth-order valence-corrected chi connectivity index (χ4v) is 3.24. The van der Waals surface area contributed by atoms with E-state index in [1.165, 1.54) is 0 Å². The molecule has 0 aliphatic heterocycles. The molecule has 160 valence electrons. The molecule has 0 aliphatic rings. The van der Waals surface area contributed by atoms with Crippen LogP contribution in [0.3, 0.4) is 0 Å². The number of aryl methyl sites for hydroxylation is 1. The number of hydrogen-bond acceptors (Lipinski definition) is 3. The van der Waals surface area contributed by atoms with E-state index in [2.05, 4.69) is 10.6 Å². The zero-order chi connectivity index (χ0) is 22.1. The van der Waals surface area contributed by atoms with E-state index in [1.54, 1.807) is 24.3 Å². The van der Waals surface area contributed by atoms with Crippen molar-refractivity contribution in [2.45, 2.75) is 32.8 Å². The van der Waals surface area contributed by atoms with Crippen LogP contribution < -0.4 is 15.4 Å². The summed E-state index contributed by atoms with van der Waals surface area (Å²) in [5, 5.41) is 5.79. The van der Waals surface area contributed by atoms with Crippen LogP contribution in [0.15, 0.2) is 78.9 Å². The minimum atomic E-state index is -0.656. The monoisotopic (exact) mass is 416 g/mol. The maximum atomic E-state index is 12.8. The van der Waals surface area contributed by atoms with Crippen LogP contribution in [0.4, 0.5) is 5.69 Å². The first-order chi connectivity index (χ1) is 15.1. The third-order valence-corrected chi connectivity index (χ3v) is 4.90. The Balaban J connectivity index is 1.63. The summed E-state index contributed by atoms with van der Waals surface area (Å²) in [6.45, 7) is 4.38. The molecule has 2 amide bonds. The summed E-state index contributed by atoms with van der Waals surface area (Å²) < 4.78 is 5.88. The fraction of sp³-hybridized carbons (Fsp3) is 0.231. The first-order valence-electron chi connectivity index (χ1n) is 10.5. The maximum Gasteiger partial charge on any atom is 0.265 e. The van der Waals surface area contributed by atoms with Gasteiger partial charge in [-0.3, -0.25) is 9.59 Å². The lowest BCUT2D eigenvalue weighted by Gasteiger charge is -2.19. The van der Waals surface area contributed by atoms with Crippen LogP contribution >= 0.6 is 0 Å². The third kappa shape index (κ3) is 6.44. The molecule has 0 aromatic heterocycles. The lowest BCUT2D eigenvalue weighted by Crippen LogP contribution is -2.33. The Morgan fingerprint density at radius 1 is 0.935 bits per heavy atom. The van der Waals surface area contributed by atoms with Crippen LogP contribution in [0.2, 0.25) is 0 Å². The number of carbonyl (C=O) groups is 2. The van der Waals surface area contributed by atoms with Crippen molar-refractivity contribution in [3.8, 4) is 5.75 Å². The van der Waals surface area contributed by atoms with Crippen LogP contribution in [-0.2, 0) is 11.2 Å². The summed E-state index contributed by atoms with van der Waals surface area (Å²) in [7, 11) is 0. The Hall–Kier alpha value is -3.60. The van der Waals surface area contributed by atoms with Gasteiger partial charge in [-0.05, 0) is 55.2 Å². The smallest absolute Gasteiger partial charge is 0.265 e. The van der Waals surface area contributed by atoms with Crippen molar-refractivity contribution < 1.29 is 14.3 Å². The number of nitrogens with one attached hydrogen (secondary N) is 2. The summed E-state index contributed by atoms with van der Waals surface area (Å²) in [6, 6.07) is 24.6. The fourth-order valence-electron chi connectivity index (χ4n) is 3.24. The summed E-state index contributed by atoms with van der Waals surface area (Å²) in [5.41, 5.74) is 3.11. The van der Waals surface area contributed by atoms with E-state index in [0.717, 1.165) is 17.5 Å². The van der Waals surface area contributed by atoms with Crippen molar-refractivity contribution in [2.24, 2.45) is 0 Å². The molecule has 0 unspecified atom stereocenters. The van der Waals surface area contributed by atoms with Gasteiger partial charge in [-0.25, -0.2) is 0 Å². The van der Waals surface area contributed by atoms with E-state index < -0.39 is 6.10 Å². The molecule has 1 atom stereocenters. The molecule has 0 saturated carbocycles. The highest BCUT2D eigenvalue weighted by molar-refractivity contribution is 6.04. The van der Waals surface area contributed by atoms with Gasteiger partial charge in [0.2, 0.25) is 0 Å². The molecule has 0 aliphatic carbocycles. The largest absolute Gasteiger partial charge is 0.481 e. The molecule has 0 radical (unpaired) electrons. The van der Waals surface area contributed by atoms with Crippen molar-refractivity contribution in [1.29, 1.82) is 0 Å². The molecule has 2 N–H and O–H groups in total. The predicted octanol–water partition coefficient (Wildman–Crippen LogP) is 4.76. The molecule has 5 nitrogen and oxygen atoms in total.